The second-order valence-electron chi connectivity index (χ2n) is 2.58. The molecular formula is C9H8N2O2S. The van der Waals surface area contributed by atoms with E-state index in [2.05, 4.69) is 9.97 Å². The summed E-state index contributed by atoms with van der Waals surface area (Å²) in [6.45, 7) is 2.16. The van der Waals surface area contributed by atoms with Gasteiger partial charge in [-0.05, 0) is 13.0 Å². The molecule has 0 aliphatic carbocycles. The smallest absolute Gasteiger partial charge is 0.348 e. The van der Waals surface area contributed by atoms with Crippen LogP contribution in [0, 0.1) is 0 Å². The molecule has 0 aromatic carbocycles. The highest BCUT2D eigenvalue weighted by Gasteiger charge is 2.11. The number of hydrogen-bond acceptors (Lipinski definition) is 5. The van der Waals surface area contributed by atoms with Crippen LogP contribution in [0.15, 0.2) is 18.5 Å². The van der Waals surface area contributed by atoms with Crippen LogP contribution in [-0.4, -0.2) is 22.5 Å². The minimum Gasteiger partial charge on any atom is -0.462 e. The summed E-state index contributed by atoms with van der Waals surface area (Å²) < 4.78 is 4.87. The highest BCUT2D eigenvalue weighted by Crippen LogP contribution is 2.21. The zero-order valence-corrected chi connectivity index (χ0v) is 8.37. The summed E-state index contributed by atoms with van der Waals surface area (Å²) in [7, 11) is 0. The lowest BCUT2D eigenvalue weighted by Crippen LogP contribution is -2.01. The molecule has 0 unspecified atom stereocenters. The van der Waals surface area contributed by atoms with Crippen molar-refractivity contribution >= 4 is 27.7 Å². The van der Waals surface area contributed by atoms with Crippen LogP contribution in [0.1, 0.15) is 16.6 Å². The van der Waals surface area contributed by atoms with Crippen LogP contribution in [0.5, 0.6) is 0 Å². The summed E-state index contributed by atoms with van der Waals surface area (Å²) in [5, 5.41) is 0. The number of rotatable bonds is 2. The van der Waals surface area contributed by atoms with Gasteiger partial charge in [-0.15, -0.1) is 11.3 Å². The topological polar surface area (TPSA) is 52.1 Å². The molecule has 0 N–H and O–H groups in total. The van der Waals surface area contributed by atoms with E-state index < -0.39 is 0 Å². The maximum atomic E-state index is 11.3. The molecule has 0 spiro atoms. The van der Waals surface area contributed by atoms with Gasteiger partial charge in [0.1, 0.15) is 15.2 Å². The number of carbonyl (C=O) groups is 1. The molecule has 4 nitrogen and oxygen atoms in total. The first-order valence-corrected chi connectivity index (χ1v) is 5.00. The molecule has 0 aliphatic rings. The fourth-order valence-corrected chi connectivity index (χ4v) is 1.93. The van der Waals surface area contributed by atoms with Crippen molar-refractivity contribution in [1.29, 1.82) is 0 Å². The minimum absolute atomic E-state index is 0.308. The maximum Gasteiger partial charge on any atom is 0.348 e. The normalized spacial score (nSPS) is 10.4. The van der Waals surface area contributed by atoms with Gasteiger partial charge in [-0.2, -0.15) is 0 Å². The first-order valence-electron chi connectivity index (χ1n) is 4.19. The monoisotopic (exact) mass is 208 g/mol. The third kappa shape index (κ3) is 1.58. The van der Waals surface area contributed by atoms with Crippen molar-refractivity contribution in [1.82, 2.24) is 9.97 Å². The lowest BCUT2D eigenvalue weighted by molar-refractivity contribution is 0.0532. The Labute approximate surface area is 84.6 Å². The first kappa shape index (κ1) is 9.08. The molecular weight excluding hydrogens is 200 g/mol. The van der Waals surface area contributed by atoms with Gasteiger partial charge >= 0.3 is 5.97 Å². The number of aromatic nitrogens is 2. The minimum atomic E-state index is -0.308. The number of thiophene rings is 1. The number of carbonyl (C=O) groups excluding carboxylic acids is 1. The van der Waals surface area contributed by atoms with Crippen LogP contribution < -0.4 is 0 Å². The number of nitrogens with zero attached hydrogens (tertiary/aromatic N) is 2. The van der Waals surface area contributed by atoms with Gasteiger partial charge < -0.3 is 4.74 Å². The predicted octanol–water partition coefficient (Wildman–Crippen LogP) is 1.87. The fraction of sp³-hybridized carbons (Fsp3) is 0.222. The summed E-state index contributed by atoms with van der Waals surface area (Å²) in [5.74, 6) is -0.308. The molecule has 2 heterocycles. The van der Waals surface area contributed by atoms with E-state index in [1.165, 1.54) is 11.3 Å². The molecule has 2 rings (SSSR count). The molecule has 72 valence electrons. The Morgan fingerprint density at radius 1 is 1.50 bits per heavy atom. The lowest BCUT2D eigenvalue weighted by atomic mass is 10.4. The molecule has 14 heavy (non-hydrogen) atoms. The molecule has 5 heteroatoms. The van der Waals surface area contributed by atoms with Gasteiger partial charge in [0.05, 0.1) is 6.61 Å². The van der Waals surface area contributed by atoms with Crippen LogP contribution in [-0.2, 0) is 4.74 Å². The van der Waals surface area contributed by atoms with E-state index in [0.717, 1.165) is 10.3 Å². The maximum absolute atomic E-state index is 11.3. The van der Waals surface area contributed by atoms with Crippen LogP contribution in [0.3, 0.4) is 0 Å². The second kappa shape index (κ2) is 3.71. The Morgan fingerprint density at radius 3 is 3.00 bits per heavy atom. The second-order valence-corrected chi connectivity index (χ2v) is 3.61. The van der Waals surface area contributed by atoms with Crippen LogP contribution in [0.4, 0.5) is 0 Å². The molecule has 0 atom stereocenters. The Hall–Kier alpha value is -1.49. The average Bonchev–Trinajstić information content (AvgIpc) is 2.61. The number of fused-ring (bicyclic) bond motifs is 1. The fourth-order valence-electron chi connectivity index (χ4n) is 1.07. The van der Waals surface area contributed by atoms with Gasteiger partial charge in [0.15, 0.2) is 0 Å². The van der Waals surface area contributed by atoms with Gasteiger partial charge in [-0.3, -0.25) is 4.98 Å². The van der Waals surface area contributed by atoms with Crippen molar-refractivity contribution in [2.24, 2.45) is 0 Å². The summed E-state index contributed by atoms with van der Waals surface area (Å²) in [6.07, 6.45) is 3.21. The third-order valence-corrected chi connectivity index (χ3v) is 2.65. The summed E-state index contributed by atoms with van der Waals surface area (Å²) >= 11 is 1.30. The van der Waals surface area contributed by atoms with E-state index in [0.29, 0.717) is 11.5 Å². The molecule has 0 amide bonds. The Balaban J connectivity index is 2.40. The van der Waals surface area contributed by atoms with Crippen molar-refractivity contribution in [3.8, 4) is 0 Å². The molecule has 0 saturated carbocycles. The Bertz CT molecular complexity index is 434. The summed E-state index contributed by atoms with van der Waals surface area (Å²) in [5.41, 5.74) is 0.737. The first-order chi connectivity index (χ1) is 6.81. The van der Waals surface area contributed by atoms with Gasteiger partial charge in [-0.1, -0.05) is 0 Å². The highest BCUT2D eigenvalue weighted by molar-refractivity contribution is 7.20. The van der Waals surface area contributed by atoms with E-state index in [4.69, 9.17) is 4.74 Å². The largest absolute Gasteiger partial charge is 0.462 e. The molecule has 0 fully saturated rings. The number of hydrogen-bond donors (Lipinski definition) is 0. The summed E-state index contributed by atoms with van der Waals surface area (Å²) in [4.78, 5) is 20.8. The zero-order valence-electron chi connectivity index (χ0n) is 7.56. The summed E-state index contributed by atoms with van der Waals surface area (Å²) in [6, 6.07) is 1.70. The van der Waals surface area contributed by atoms with Gasteiger partial charge in [0, 0.05) is 12.4 Å². The molecule has 2 aromatic rings. The van der Waals surface area contributed by atoms with E-state index >= 15 is 0 Å². The van der Waals surface area contributed by atoms with Crippen molar-refractivity contribution in [3.63, 3.8) is 0 Å². The van der Waals surface area contributed by atoms with Crippen molar-refractivity contribution in [2.75, 3.05) is 6.61 Å². The average molecular weight is 208 g/mol. The molecule has 0 saturated heterocycles. The third-order valence-electron chi connectivity index (χ3n) is 1.64. The van der Waals surface area contributed by atoms with Crippen molar-refractivity contribution < 1.29 is 9.53 Å². The van der Waals surface area contributed by atoms with Gasteiger partial charge in [-0.25, -0.2) is 9.78 Å². The van der Waals surface area contributed by atoms with Crippen molar-refractivity contribution in [2.45, 2.75) is 6.92 Å². The molecule has 0 bridgehead atoms. The highest BCUT2D eigenvalue weighted by atomic mass is 32.1. The molecule has 2 aromatic heterocycles. The lowest BCUT2D eigenvalue weighted by Gasteiger charge is -1.95. The quantitative estimate of drug-likeness (QED) is 0.707. The van der Waals surface area contributed by atoms with E-state index in [1.807, 2.05) is 0 Å². The van der Waals surface area contributed by atoms with E-state index in [-0.39, 0.29) is 5.97 Å². The van der Waals surface area contributed by atoms with E-state index in [9.17, 15) is 4.79 Å². The van der Waals surface area contributed by atoms with Gasteiger partial charge in [0.25, 0.3) is 0 Å². The van der Waals surface area contributed by atoms with E-state index in [1.54, 1.807) is 25.4 Å². The SMILES string of the molecule is CCOC(=O)c1cc2nccnc2s1. The van der Waals surface area contributed by atoms with Crippen LogP contribution in [0.2, 0.25) is 0 Å². The number of esters is 1. The standard InChI is InChI=1S/C9H8N2O2S/c1-2-13-9(12)7-5-6-8(14-7)11-4-3-10-6/h3-5H,2H2,1H3. The van der Waals surface area contributed by atoms with Crippen LogP contribution >= 0.6 is 11.3 Å². The number of ether oxygens (including phenoxy) is 1. The Morgan fingerprint density at radius 2 is 2.29 bits per heavy atom. The van der Waals surface area contributed by atoms with Crippen LogP contribution in [0.25, 0.3) is 10.3 Å². The molecule has 0 radical (unpaired) electrons. The predicted molar refractivity (Wildman–Crippen MR) is 53.4 cm³/mol. The molecule has 0 aliphatic heterocycles. The van der Waals surface area contributed by atoms with Gasteiger partial charge in [0.2, 0.25) is 0 Å². The Kier molecular flexibility index (Phi) is 2.41. The van der Waals surface area contributed by atoms with Crippen molar-refractivity contribution in [3.05, 3.63) is 23.3 Å². The zero-order chi connectivity index (χ0) is 9.97.